The number of carbonyl (C=O) groups is 1. The topological polar surface area (TPSA) is 81.5 Å². The number of nitrogens with one attached hydrogen (secondary N) is 1. The van der Waals surface area contributed by atoms with Gasteiger partial charge in [-0.3, -0.25) is 10.1 Å². The van der Waals surface area contributed by atoms with Gasteiger partial charge in [-0.25, -0.2) is 4.79 Å². The minimum absolute atomic E-state index is 0.0112. The van der Waals surface area contributed by atoms with Gasteiger partial charge < -0.3 is 10.1 Å². The number of rotatable bonds is 5. The number of nitrogens with zero attached hydrogens (tertiary/aromatic N) is 1. The lowest BCUT2D eigenvalue weighted by atomic mass is 9.98. The molecular weight excluding hydrogens is 423 g/mol. The third-order valence-electron chi connectivity index (χ3n) is 5.58. The van der Waals surface area contributed by atoms with E-state index in [2.05, 4.69) is 41.4 Å². The summed E-state index contributed by atoms with van der Waals surface area (Å²) < 4.78 is 19.2. The van der Waals surface area contributed by atoms with E-state index in [-0.39, 0.29) is 19.1 Å². The zero-order valence-electron chi connectivity index (χ0n) is 17.9. The first-order valence-electron chi connectivity index (χ1n) is 10.5. The number of carbonyl (C=O) groups excluding carboxylic acids is 1. The molecule has 1 amide bonds. The van der Waals surface area contributed by atoms with Crippen molar-refractivity contribution in [1.29, 1.82) is 0 Å². The number of aryl methyl sites for hydroxylation is 1. The lowest BCUT2D eigenvalue weighted by molar-refractivity contribution is -0.387. The van der Waals surface area contributed by atoms with Gasteiger partial charge in [0.2, 0.25) is 5.82 Å². The van der Waals surface area contributed by atoms with Gasteiger partial charge in [-0.2, -0.15) is 4.39 Å². The highest BCUT2D eigenvalue weighted by Crippen LogP contribution is 2.44. The standard InChI is InChI=1S/C26H21FN2O4/c1-17-14-25(29(31)32)24(27)15-18(17)8-6-7-13-28-26(30)33-16-23-21-11-4-2-9-19(21)20-10-3-5-12-22(20)23/h2-5,9-12,14-15,23H,7,13,16H2,1H3,(H,28,30). The number of alkyl carbamates (subject to hydrolysis) is 1. The van der Waals surface area contributed by atoms with Crippen LogP contribution in [-0.4, -0.2) is 24.2 Å². The van der Waals surface area contributed by atoms with Gasteiger partial charge in [-0.05, 0) is 40.8 Å². The van der Waals surface area contributed by atoms with Gasteiger partial charge in [0.05, 0.1) is 4.92 Å². The van der Waals surface area contributed by atoms with Crippen LogP contribution < -0.4 is 5.32 Å². The molecule has 0 fully saturated rings. The largest absolute Gasteiger partial charge is 0.449 e. The lowest BCUT2D eigenvalue weighted by Gasteiger charge is -2.14. The molecule has 3 aromatic rings. The Hall–Kier alpha value is -4.18. The van der Waals surface area contributed by atoms with E-state index in [0.717, 1.165) is 34.4 Å². The molecule has 0 saturated heterocycles. The highest BCUT2D eigenvalue weighted by atomic mass is 19.1. The molecule has 1 N–H and O–H groups in total. The molecular formula is C26H21FN2O4. The molecule has 0 spiro atoms. The molecule has 1 aliphatic carbocycles. The van der Waals surface area contributed by atoms with Crippen LogP contribution >= 0.6 is 0 Å². The number of halogens is 1. The minimum Gasteiger partial charge on any atom is -0.449 e. The van der Waals surface area contributed by atoms with Gasteiger partial charge in [-0.1, -0.05) is 60.4 Å². The maximum Gasteiger partial charge on any atom is 0.407 e. The van der Waals surface area contributed by atoms with Crippen molar-refractivity contribution in [3.63, 3.8) is 0 Å². The van der Waals surface area contributed by atoms with E-state index >= 15 is 0 Å². The number of hydrogen-bond acceptors (Lipinski definition) is 4. The van der Waals surface area contributed by atoms with Crippen LogP contribution in [-0.2, 0) is 4.74 Å². The molecule has 33 heavy (non-hydrogen) atoms. The van der Waals surface area contributed by atoms with Crippen LogP contribution in [0, 0.1) is 34.7 Å². The summed E-state index contributed by atoms with van der Waals surface area (Å²) in [5.41, 5.74) is 4.92. The van der Waals surface area contributed by atoms with Crippen LogP contribution in [0.25, 0.3) is 11.1 Å². The van der Waals surface area contributed by atoms with Gasteiger partial charge in [0.1, 0.15) is 6.61 Å². The Labute approximate surface area is 190 Å². The SMILES string of the molecule is Cc1cc([N+](=O)[O-])c(F)cc1C#CCCNC(=O)OCC1c2ccccc2-c2ccccc21. The van der Waals surface area contributed by atoms with Crippen LogP contribution in [0.1, 0.15) is 34.6 Å². The molecule has 4 rings (SSSR count). The number of ether oxygens (including phenoxy) is 1. The van der Waals surface area contributed by atoms with Gasteiger partial charge >= 0.3 is 11.8 Å². The highest BCUT2D eigenvalue weighted by Gasteiger charge is 2.28. The smallest absolute Gasteiger partial charge is 0.407 e. The Morgan fingerprint density at radius 3 is 2.39 bits per heavy atom. The summed E-state index contributed by atoms with van der Waals surface area (Å²) in [6, 6.07) is 18.4. The van der Waals surface area contributed by atoms with Gasteiger partial charge in [0.15, 0.2) is 0 Å². The molecule has 0 heterocycles. The molecule has 0 bridgehead atoms. The molecule has 166 valence electrons. The third kappa shape index (κ3) is 4.70. The summed E-state index contributed by atoms with van der Waals surface area (Å²) in [7, 11) is 0. The van der Waals surface area contributed by atoms with Crippen LogP contribution in [0.4, 0.5) is 14.9 Å². The van der Waals surface area contributed by atoms with Crippen LogP contribution in [0.3, 0.4) is 0 Å². The summed E-state index contributed by atoms with van der Waals surface area (Å²) in [6.45, 7) is 2.12. The summed E-state index contributed by atoms with van der Waals surface area (Å²) >= 11 is 0. The Morgan fingerprint density at radius 1 is 1.12 bits per heavy atom. The van der Waals surface area contributed by atoms with Crippen molar-refractivity contribution in [2.24, 2.45) is 0 Å². The first-order valence-corrected chi connectivity index (χ1v) is 10.5. The number of nitro benzene ring substituents is 1. The molecule has 7 heteroatoms. The second-order valence-electron chi connectivity index (χ2n) is 7.68. The third-order valence-corrected chi connectivity index (χ3v) is 5.58. The Morgan fingerprint density at radius 2 is 1.76 bits per heavy atom. The van der Waals surface area contributed by atoms with Crippen molar-refractivity contribution in [2.75, 3.05) is 13.2 Å². The summed E-state index contributed by atoms with van der Waals surface area (Å²) in [4.78, 5) is 22.2. The maximum absolute atomic E-state index is 13.8. The zero-order chi connectivity index (χ0) is 23.4. The number of fused-ring (bicyclic) bond motifs is 3. The minimum atomic E-state index is -0.924. The summed E-state index contributed by atoms with van der Waals surface area (Å²) in [5, 5.41) is 13.4. The van der Waals surface area contributed by atoms with Crippen LogP contribution in [0.5, 0.6) is 0 Å². The van der Waals surface area contributed by atoms with E-state index in [1.54, 1.807) is 6.92 Å². The first kappa shape index (κ1) is 22.0. The highest BCUT2D eigenvalue weighted by molar-refractivity contribution is 5.79. The molecule has 0 aromatic heterocycles. The fraction of sp³-hybridized carbons (Fsp3) is 0.192. The monoisotopic (exact) mass is 444 g/mol. The maximum atomic E-state index is 13.8. The Bertz CT molecular complexity index is 1250. The van der Waals surface area contributed by atoms with Gasteiger partial charge in [0, 0.05) is 30.5 Å². The second kappa shape index (κ2) is 9.53. The van der Waals surface area contributed by atoms with E-state index in [0.29, 0.717) is 17.5 Å². The molecule has 0 saturated carbocycles. The van der Waals surface area contributed by atoms with Crippen LogP contribution in [0.2, 0.25) is 0 Å². The fourth-order valence-corrected chi connectivity index (χ4v) is 3.98. The molecule has 0 radical (unpaired) electrons. The van der Waals surface area contributed by atoms with Crippen molar-refractivity contribution in [3.8, 4) is 23.0 Å². The van der Waals surface area contributed by atoms with Crippen molar-refractivity contribution in [1.82, 2.24) is 5.32 Å². The summed E-state index contributed by atoms with van der Waals surface area (Å²) in [5.74, 6) is 4.69. The molecule has 0 unspecified atom stereocenters. The predicted octanol–water partition coefficient (Wildman–Crippen LogP) is 5.32. The molecule has 0 aliphatic heterocycles. The van der Waals surface area contributed by atoms with Crippen molar-refractivity contribution in [3.05, 3.63) is 98.8 Å². The predicted molar refractivity (Wildman–Crippen MR) is 122 cm³/mol. The van der Waals surface area contributed by atoms with Crippen molar-refractivity contribution < 1.29 is 18.8 Å². The lowest BCUT2D eigenvalue weighted by Crippen LogP contribution is -2.26. The average Bonchev–Trinajstić information content (AvgIpc) is 3.13. The Kier molecular flexibility index (Phi) is 6.36. The Balaban J connectivity index is 1.30. The fourth-order valence-electron chi connectivity index (χ4n) is 3.98. The molecule has 3 aromatic carbocycles. The van der Waals surface area contributed by atoms with E-state index in [1.165, 1.54) is 0 Å². The normalized spacial score (nSPS) is 11.7. The van der Waals surface area contributed by atoms with E-state index in [1.807, 2.05) is 24.3 Å². The van der Waals surface area contributed by atoms with E-state index < -0.39 is 22.5 Å². The van der Waals surface area contributed by atoms with Crippen molar-refractivity contribution in [2.45, 2.75) is 19.3 Å². The molecule has 1 aliphatic rings. The molecule has 6 nitrogen and oxygen atoms in total. The zero-order valence-corrected chi connectivity index (χ0v) is 17.9. The number of nitro groups is 1. The number of amides is 1. The van der Waals surface area contributed by atoms with Gasteiger partial charge in [-0.15, -0.1) is 0 Å². The molecule has 0 atom stereocenters. The average molecular weight is 444 g/mol. The quantitative estimate of drug-likeness (QED) is 0.250. The first-order chi connectivity index (χ1) is 16.0. The summed E-state index contributed by atoms with van der Waals surface area (Å²) in [6.07, 6.45) is -0.210. The van der Waals surface area contributed by atoms with Crippen LogP contribution in [0.15, 0.2) is 60.7 Å². The van der Waals surface area contributed by atoms with Crippen molar-refractivity contribution >= 4 is 11.8 Å². The second-order valence-corrected chi connectivity index (χ2v) is 7.68. The number of benzene rings is 3. The van der Waals surface area contributed by atoms with Gasteiger partial charge in [0.25, 0.3) is 0 Å². The van der Waals surface area contributed by atoms with E-state index in [9.17, 15) is 19.3 Å². The number of hydrogen-bond donors (Lipinski definition) is 1. The van der Waals surface area contributed by atoms with E-state index in [4.69, 9.17) is 4.74 Å².